The van der Waals surface area contributed by atoms with Crippen LogP contribution in [0.4, 0.5) is 0 Å². The summed E-state index contributed by atoms with van der Waals surface area (Å²) in [5.74, 6) is -0.854. The molecule has 0 N–H and O–H groups in total. The molecule has 0 saturated heterocycles. The first kappa shape index (κ1) is 77.1. The van der Waals surface area contributed by atoms with Crippen molar-refractivity contribution in [3.05, 3.63) is 60.8 Å². The van der Waals surface area contributed by atoms with Gasteiger partial charge in [0.1, 0.15) is 13.2 Å². The summed E-state index contributed by atoms with van der Waals surface area (Å²) in [6, 6.07) is 0. The van der Waals surface area contributed by atoms with E-state index in [0.717, 1.165) is 77.0 Å². The zero-order chi connectivity index (χ0) is 57.8. The Morgan fingerprint density at radius 3 is 0.700 bits per heavy atom. The van der Waals surface area contributed by atoms with Gasteiger partial charge in [0.05, 0.1) is 0 Å². The minimum absolute atomic E-state index is 0.0716. The number of esters is 3. The van der Waals surface area contributed by atoms with E-state index in [0.29, 0.717) is 19.3 Å². The number of ether oxygens (including phenoxy) is 3. The number of hydrogen-bond acceptors (Lipinski definition) is 6. The molecule has 0 aromatic heterocycles. The maximum atomic E-state index is 12.9. The van der Waals surface area contributed by atoms with Crippen molar-refractivity contribution in [2.45, 2.75) is 380 Å². The van der Waals surface area contributed by atoms with Crippen LogP contribution in [0, 0.1) is 0 Å². The highest BCUT2D eigenvalue weighted by molar-refractivity contribution is 5.71. The third kappa shape index (κ3) is 65.9. The van der Waals surface area contributed by atoms with Gasteiger partial charge in [-0.3, -0.25) is 14.4 Å². The minimum Gasteiger partial charge on any atom is -0.462 e. The van der Waals surface area contributed by atoms with E-state index in [1.165, 1.54) is 257 Å². The average Bonchev–Trinajstić information content (AvgIpc) is 3.46. The number of unbranched alkanes of at least 4 members (excludes halogenated alkanes) is 44. The molecule has 0 aliphatic heterocycles. The van der Waals surface area contributed by atoms with Gasteiger partial charge in [0.2, 0.25) is 0 Å². The maximum absolute atomic E-state index is 12.9. The molecule has 0 spiro atoms. The highest BCUT2D eigenvalue weighted by Gasteiger charge is 2.19. The molecule has 0 aromatic carbocycles. The van der Waals surface area contributed by atoms with Gasteiger partial charge in [-0.15, -0.1) is 0 Å². The van der Waals surface area contributed by atoms with Crippen LogP contribution >= 0.6 is 0 Å². The molecule has 466 valence electrons. The van der Waals surface area contributed by atoms with E-state index in [9.17, 15) is 14.4 Å². The molecular weight excluding hydrogens is 985 g/mol. The summed E-state index contributed by atoms with van der Waals surface area (Å²) in [7, 11) is 0. The van der Waals surface area contributed by atoms with Crippen LogP contribution in [-0.4, -0.2) is 37.2 Å². The fourth-order valence-electron chi connectivity index (χ4n) is 10.4. The molecule has 80 heavy (non-hydrogen) atoms. The van der Waals surface area contributed by atoms with E-state index >= 15 is 0 Å². The monoisotopic (exact) mass is 1120 g/mol. The fraction of sp³-hybridized carbons (Fsp3) is 0.824. The molecule has 0 aliphatic carbocycles. The quantitative estimate of drug-likeness (QED) is 0.0261. The average molecular weight is 1120 g/mol. The third-order valence-corrected chi connectivity index (χ3v) is 15.7. The lowest BCUT2D eigenvalue weighted by atomic mass is 10.0. The van der Waals surface area contributed by atoms with Crippen molar-refractivity contribution in [2.75, 3.05) is 13.2 Å². The van der Waals surface area contributed by atoms with Crippen molar-refractivity contribution in [3.8, 4) is 0 Å². The van der Waals surface area contributed by atoms with Crippen LogP contribution in [0.15, 0.2) is 60.8 Å². The van der Waals surface area contributed by atoms with Crippen LogP contribution in [0.25, 0.3) is 0 Å². The number of carbonyl (C=O) groups is 3. The fourth-order valence-corrected chi connectivity index (χ4v) is 10.4. The zero-order valence-electron chi connectivity index (χ0n) is 53.6. The van der Waals surface area contributed by atoms with Gasteiger partial charge in [-0.25, -0.2) is 0 Å². The summed E-state index contributed by atoms with van der Waals surface area (Å²) in [4.78, 5) is 38.4. The van der Waals surface area contributed by atoms with E-state index in [1.807, 2.05) is 0 Å². The molecule has 0 aromatic rings. The normalized spacial score (nSPS) is 12.4. The largest absolute Gasteiger partial charge is 0.462 e. The van der Waals surface area contributed by atoms with E-state index in [2.05, 4.69) is 81.5 Å². The molecule has 6 heteroatoms. The number of carbonyl (C=O) groups excluding carboxylic acids is 3. The number of hydrogen-bond donors (Lipinski definition) is 0. The third-order valence-electron chi connectivity index (χ3n) is 15.7. The Labute approximate surface area is 498 Å². The second-order valence-corrected chi connectivity index (χ2v) is 23.8. The predicted molar refractivity (Wildman–Crippen MR) is 348 cm³/mol. The molecule has 0 rings (SSSR count). The standard InChI is InChI=1S/C74H134O6/c1-4-7-10-13-16-19-22-25-27-29-31-33-34-35-36-37-38-39-40-42-43-45-47-49-52-55-58-61-64-67-73(76)79-70-71(69-78-72(75)66-63-60-57-54-51-24-21-18-15-12-9-6-3)80-74(77)68-65-62-59-56-53-50-48-46-44-41-32-30-28-26-23-20-17-14-11-8-5-2/h22-23,25-26,29-32,34-35,71H,4-21,24,27-28,33,36-70H2,1-3H3/b25-22-,26-23-,31-29-,32-30-,35-34-. The topological polar surface area (TPSA) is 78.9 Å². The van der Waals surface area contributed by atoms with Gasteiger partial charge in [0, 0.05) is 19.3 Å². The van der Waals surface area contributed by atoms with E-state index in [1.54, 1.807) is 0 Å². The summed E-state index contributed by atoms with van der Waals surface area (Å²) in [5.41, 5.74) is 0. The molecule has 0 amide bonds. The molecule has 0 fully saturated rings. The SMILES string of the molecule is CCCCCCC/C=C\C/C=C\C/C=C\CCCCCCCCCCCCCCCCC(=O)OCC(COC(=O)CCCCCCCCCCCCCC)OC(=O)CCCCCCCCCCC/C=C\C/C=C\CCCCCCC. The van der Waals surface area contributed by atoms with Crippen molar-refractivity contribution in [2.24, 2.45) is 0 Å². The smallest absolute Gasteiger partial charge is 0.306 e. The first-order valence-electron chi connectivity index (χ1n) is 35.3. The lowest BCUT2D eigenvalue weighted by Crippen LogP contribution is -2.30. The number of rotatable bonds is 65. The molecule has 1 unspecified atom stereocenters. The van der Waals surface area contributed by atoms with Crippen LogP contribution in [0.2, 0.25) is 0 Å². The van der Waals surface area contributed by atoms with Gasteiger partial charge in [-0.05, 0) is 89.9 Å². The van der Waals surface area contributed by atoms with E-state index in [-0.39, 0.29) is 31.1 Å². The Bertz CT molecular complexity index is 1430. The zero-order valence-corrected chi connectivity index (χ0v) is 53.6. The second-order valence-electron chi connectivity index (χ2n) is 23.8. The molecule has 0 saturated carbocycles. The lowest BCUT2D eigenvalue weighted by molar-refractivity contribution is -0.167. The maximum Gasteiger partial charge on any atom is 0.306 e. The Kier molecular flexibility index (Phi) is 66.1. The summed E-state index contributed by atoms with van der Waals surface area (Å²) in [6.45, 7) is 6.67. The Hall–Kier alpha value is -2.89. The molecule has 0 heterocycles. The van der Waals surface area contributed by atoms with Gasteiger partial charge < -0.3 is 14.2 Å². The van der Waals surface area contributed by atoms with Crippen LogP contribution < -0.4 is 0 Å². The lowest BCUT2D eigenvalue weighted by Gasteiger charge is -2.18. The van der Waals surface area contributed by atoms with Crippen molar-refractivity contribution in [1.82, 2.24) is 0 Å². The minimum atomic E-state index is -0.775. The van der Waals surface area contributed by atoms with Crippen LogP contribution in [0.3, 0.4) is 0 Å². The summed E-state index contributed by atoms with van der Waals surface area (Å²) in [6.07, 6.45) is 88.2. The summed E-state index contributed by atoms with van der Waals surface area (Å²) in [5, 5.41) is 0. The van der Waals surface area contributed by atoms with Crippen LogP contribution in [0.5, 0.6) is 0 Å². The second kappa shape index (κ2) is 68.6. The Morgan fingerprint density at radius 2 is 0.450 bits per heavy atom. The van der Waals surface area contributed by atoms with Crippen molar-refractivity contribution in [1.29, 1.82) is 0 Å². The Morgan fingerprint density at radius 1 is 0.250 bits per heavy atom. The summed E-state index contributed by atoms with van der Waals surface area (Å²) >= 11 is 0. The molecule has 1 atom stereocenters. The van der Waals surface area contributed by atoms with E-state index in [4.69, 9.17) is 14.2 Å². The molecule has 0 radical (unpaired) electrons. The molecule has 6 nitrogen and oxygen atoms in total. The van der Waals surface area contributed by atoms with Gasteiger partial charge in [0.25, 0.3) is 0 Å². The molecule has 0 aliphatic rings. The van der Waals surface area contributed by atoms with Gasteiger partial charge >= 0.3 is 17.9 Å². The highest BCUT2D eigenvalue weighted by Crippen LogP contribution is 2.18. The molecular formula is C74H134O6. The van der Waals surface area contributed by atoms with Crippen LogP contribution in [-0.2, 0) is 28.6 Å². The highest BCUT2D eigenvalue weighted by atomic mass is 16.6. The first-order chi connectivity index (χ1) is 39.5. The predicted octanol–water partition coefficient (Wildman–Crippen LogP) is 24.3. The van der Waals surface area contributed by atoms with Crippen molar-refractivity contribution < 1.29 is 28.6 Å². The Balaban J connectivity index is 4.22. The van der Waals surface area contributed by atoms with Gasteiger partial charge in [-0.2, -0.15) is 0 Å². The van der Waals surface area contributed by atoms with Gasteiger partial charge in [0.15, 0.2) is 6.10 Å². The summed E-state index contributed by atoms with van der Waals surface area (Å²) < 4.78 is 17.0. The first-order valence-corrected chi connectivity index (χ1v) is 35.3. The van der Waals surface area contributed by atoms with E-state index < -0.39 is 6.10 Å². The molecule has 0 bridgehead atoms. The van der Waals surface area contributed by atoms with Crippen molar-refractivity contribution in [3.63, 3.8) is 0 Å². The van der Waals surface area contributed by atoms with Crippen LogP contribution in [0.1, 0.15) is 374 Å². The van der Waals surface area contributed by atoms with Crippen molar-refractivity contribution >= 4 is 17.9 Å². The van der Waals surface area contributed by atoms with Gasteiger partial charge in [-0.1, -0.05) is 326 Å². The number of allylic oxidation sites excluding steroid dienone is 10.